The van der Waals surface area contributed by atoms with Crippen LogP contribution in [0.15, 0.2) is 10.5 Å². The molecule has 0 bridgehead atoms. The topological polar surface area (TPSA) is 12.0 Å². The molecule has 0 aliphatic heterocycles. The number of thiophene rings is 1. The van der Waals surface area contributed by atoms with Crippen LogP contribution in [0.3, 0.4) is 0 Å². The van der Waals surface area contributed by atoms with E-state index in [0.29, 0.717) is 5.41 Å². The van der Waals surface area contributed by atoms with Crippen molar-refractivity contribution in [1.82, 2.24) is 5.32 Å². The molecule has 4 heteroatoms. The molecular formula is C15H23BrClNS. The first kappa shape index (κ1) is 15.8. The first-order valence-electron chi connectivity index (χ1n) is 7.15. The zero-order valence-corrected chi connectivity index (χ0v) is 14.9. The number of halogens is 2. The summed E-state index contributed by atoms with van der Waals surface area (Å²) in [6.45, 7) is 6.78. The quantitative estimate of drug-likeness (QED) is 0.666. The summed E-state index contributed by atoms with van der Waals surface area (Å²) in [4.78, 5) is 1.31. The van der Waals surface area contributed by atoms with Gasteiger partial charge in [-0.3, -0.25) is 0 Å². The summed E-state index contributed by atoms with van der Waals surface area (Å²) in [5, 5.41) is 3.66. The van der Waals surface area contributed by atoms with Gasteiger partial charge in [0.15, 0.2) is 0 Å². The molecule has 1 heterocycles. The fourth-order valence-corrected chi connectivity index (χ4v) is 5.13. The van der Waals surface area contributed by atoms with Gasteiger partial charge in [0.1, 0.15) is 4.34 Å². The van der Waals surface area contributed by atoms with Crippen LogP contribution in [0.25, 0.3) is 0 Å². The molecule has 1 aliphatic rings. The molecule has 2 rings (SSSR count). The van der Waals surface area contributed by atoms with E-state index in [1.807, 2.05) is 0 Å². The molecule has 0 saturated heterocycles. The lowest BCUT2D eigenvalue weighted by Crippen LogP contribution is -2.32. The van der Waals surface area contributed by atoms with Gasteiger partial charge in [-0.1, -0.05) is 38.3 Å². The van der Waals surface area contributed by atoms with Crippen LogP contribution in [0.5, 0.6) is 0 Å². The van der Waals surface area contributed by atoms with Gasteiger partial charge in [-0.05, 0) is 52.6 Å². The lowest BCUT2D eigenvalue weighted by atomic mass is 9.78. The number of rotatable bonds is 6. The third-order valence-electron chi connectivity index (χ3n) is 4.00. The van der Waals surface area contributed by atoms with E-state index in [0.717, 1.165) is 27.8 Å². The lowest BCUT2D eigenvalue weighted by molar-refractivity contribution is 0.224. The smallest absolute Gasteiger partial charge is 0.107 e. The number of hydrogen-bond acceptors (Lipinski definition) is 2. The van der Waals surface area contributed by atoms with Crippen molar-refractivity contribution in [2.24, 2.45) is 11.3 Å². The van der Waals surface area contributed by atoms with E-state index in [4.69, 9.17) is 11.6 Å². The first-order valence-corrected chi connectivity index (χ1v) is 9.14. The average Bonchev–Trinajstić information content (AvgIpc) is 2.87. The van der Waals surface area contributed by atoms with Gasteiger partial charge >= 0.3 is 0 Å². The van der Waals surface area contributed by atoms with Gasteiger partial charge in [0.2, 0.25) is 0 Å². The van der Waals surface area contributed by atoms with E-state index in [-0.39, 0.29) is 0 Å². The fraction of sp³-hybridized carbons (Fsp3) is 0.733. The van der Waals surface area contributed by atoms with Crippen molar-refractivity contribution in [2.75, 3.05) is 6.54 Å². The monoisotopic (exact) mass is 363 g/mol. The molecule has 1 fully saturated rings. The van der Waals surface area contributed by atoms with Crippen molar-refractivity contribution in [2.45, 2.75) is 52.5 Å². The SMILES string of the molecule is CC(C)CC1(CNCc2cc(Br)c(Cl)s2)CCCC1. The second kappa shape index (κ2) is 6.93. The van der Waals surface area contributed by atoms with E-state index in [1.54, 1.807) is 11.3 Å². The minimum atomic E-state index is 0.548. The molecule has 1 nitrogen and oxygen atoms in total. The van der Waals surface area contributed by atoms with Crippen LogP contribution in [0.4, 0.5) is 0 Å². The average molecular weight is 365 g/mol. The lowest BCUT2D eigenvalue weighted by Gasteiger charge is -2.31. The summed E-state index contributed by atoms with van der Waals surface area (Å²) in [6, 6.07) is 2.13. The predicted octanol–water partition coefficient (Wildman–Crippen LogP) is 5.86. The molecule has 0 spiro atoms. The molecule has 1 aliphatic carbocycles. The Morgan fingerprint density at radius 3 is 2.63 bits per heavy atom. The highest BCUT2D eigenvalue weighted by molar-refractivity contribution is 9.10. The molecular weight excluding hydrogens is 342 g/mol. The van der Waals surface area contributed by atoms with Gasteiger partial charge < -0.3 is 5.32 Å². The Morgan fingerprint density at radius 2 is 2.11 bits per heavy atom. The molecule has 0 amide bonds. The van der Waals surface area contributed by atoms with Crippen molar-refractivity contribution >= 4 is 38.9 Å². The highest BCUT2D eigenvalue weighted by atomic mass is 79.9. The summed E-state index contributed by atoms with van der Waals surface area (Å²) in [6.07, 6.45) is 6.96. The second-order valence-electron chi connectivity index (χ2n) is 6.24. The Kier molecular flexibility index (Phi) is 5.77. The third kappa shape index (κ3) is 4.45. The summed E-state index contributed by atoms with van der Waals surface area (Å²) >= 11 is 11.2. The number of hydrogen-bond donors (Lipinski definition) is 1. The Bertz CT molecular complexity index is 391. The van der Waals surface area contributed by atoms with Crippen LogP contribution < -0.4 is 5.32 Å². The maximum Gasteiger partial charge on any atom is 0.107 e. The molecule has 1 N–H and O–H groups in total. The Balaban J connectivity index is 1.85. The highest BCUT2D eigenvalue weighted by Gasteiger charge is 2.33. The van der Waals surface area contributed by atoms with Gasteiger partial charge in [0, 0.05) is 22.4 Å². The molecule has 0 atom stereocenters. The molecule has 0 unspecified atom stereocenters. The summed E-state index contributed by atoms with van der Waals surface area (Å²) < 4.78 is 1.88. The second-order valence-corrected chi connectivity index (χ2v) is 8.84. The van der Waals surface area contributed by atoms with Crippen LogP contribution >= 0.6 is 38.9 Å². The Labute approximate surface area is 134 Å². The van der Waals surface area contributed by atoms with E-state index in [2.05, 4.69) is 41.2 Å². The van der Waals surface area contributed by atoms with Crippen LogP contribution in [0, 0.1) is 11.3 Å². The van der Waals surface area contributed by atoms with Crippen molar-refractivity contribution in [3.63, 3.8) is 0 Å². The Morgan fingerprint density at radius 1 is 1.42 bits per heavy atom. The van der Waals surface area contributed by atoms with Crippen LogP contribution in [-0.4, -0.2) is 6.54 Å². The minimum Gasteiger partial charge on any atom is -0.311 e. The van der Waals surface area contributed by atoms with Gasteiger partial charge in [-0.15, -0.1) is 11.3 Å². The molecule has 1 aromatic rings. The van der Waals surface area contributed by atoms with Crippen molar-refractivity contribution in [1.29, 1.82) is 0 Å². The molecule has 1 saturated carbocycles. The van der Waals surface area contributed by atoms with Crippen LogP contribution in [-0.2, 0) is 6.54 Å². The van der Waals surface area contributed by atoms with E-state index >= 15 is 0 Å². The zero-order chi connectivity index (χ0) is 13.9. The summed E-state index contributed by atoms with van der Waals surface area (Å²) in [7, 11) is 0. The molecule has 108 valence electrons. The summed E-state index contributed by atoms with van der Waals surface area (Å²) in [5.41, 5.74) is 0.548. The standard InChI is InChI=1S/C15H23BrClNS/c1-11(2)8-15(5-3-4-6-15)10-18-9-12-7-13(16)14(17)19-12/h7,11,18H,3-6,8-10H2,1-2H3. The third-order valence-corrected chi connectivity index (χ3v) is 6.48. The van der Waals surface area contributed by atoms with Gasteiger partial charge in [-0.2, -0.15) is 0 Å². The van der Waals surface area contributed by atoms with Gasteiger partial charge in [-0.25, -0.2) is 0 Å². The van der Waals surface area contributed by atoms with E-state index in [9.17, 15) is 0 Å². The van der Waals surface area contributed by atoms with Crippen LogP contribution in [0.1, 0.15) is 50.8 Å². The normalized spacial score (nSPS) is 18.4. The highest BCUT2D eigenvalue weighted by Crippen LogP contribution is 2.42. The zero-order valence-electron chi connectivity index (χ0n) is 11.8. The van der Waals surface area contributed by atoms with Gasteiger partial charge in [0.25, 0.3) is 0 Å². The van der Waals surface area contributed by atoms with E-state index < -0.39 is 0 Å². The molecule has 19 heavy (non-hydrogen) atoms. The fourth-order valence-electron chi connectivity index (χ4n) is 3.37. The molecule has 1 aromatic heterocycles. The van der Waals surface area contributed by atoms with Crippen molar-refractivity contribution in [3.05, 3.63) is 19.8 Å². The number of nitrogens with one attached hydrogen (secondary N) is 1. The maximum absolute atomic E-state index is 6.08. The van der Waals surface area contributed by atoms with Crippen LogP contribution in [0.2, 0.25) is 4.34 Å². The first-order chi connectivity index (χ1) is 9.01. The minimum absolute atomic E-state index is 0.548. The Hall–Kier alpha value is 0.430. The van der Waals surface area contributed by atoms with Crippen molar-refractivity contribution < 1.29 is 0 Å². The predicted molar refractivity (Wildman–Crippen MR) is 89.1 cm³/mol. The molecule has 0 aromatic carbocycles. The maximum atomic E-state index is 6.08. The summed E-state index contributed by atoms with van der Waals surface area (Å²) in [5.74, 6) is 0.797. The van der Waals surface area contributed by atoms with E-state index in [1.165, 1.54) is 37.0 Å². The largest absolute Gasteiger partial charge is 0.311 e. The molecule has 0 radical (unpaired) electrons. The van der Waals surface area contributed by atoms with Crippen molar-refractivity contribution in [3.8, 4) is 0 Å². The van der Waals surface area contributed by atoms with Gasteiger partial charge in [0.05, 0.1) is 0 Å².